The van der Waals surface area contributed by atoms with Gasteiger partial charge < -0.3 is 10.6 Å². The first-order valence-electron chi connectivity index (χ1n) is 5.85. The molecule has 2 N–H and O–H groups in total. The van der Waals surface area contributed by atoms with Crippen molar-refractivity contribution in [2.45, 2.75) is 38.8 Å². The highest BCUT2D eigenvalue weighted by molar-refractivity contribution is 5.87. The number of anilines is 1. The molecular formula is C13H18N2O. The van der Waals surface area contributed by atoms with Crippen LogP contribution in [0.3, 0.4) is 0 Å². The van der Waals surface area contributed by atoms with E-state index in [4.69, 9.17) is 0 Å². The first kappa shape index (κ1) is 11.0. The maximum atomic E-state index is 11.9. The first-order valence-corrected chi connectivity index (χ1v) is 5.85. The average Bonchev–Trinajstić information content (AvgIpc) is 2.72. The fourth-order valence-electron chi connectivity index (χ4n) is 1.90. The van der Waals surface area contributed by atoms with E-state index in [2.05, 4.69) is 23.6 Å². The summed E-state index contributed by atoms with van der Waals surface area (Å²) in [5.74, 6) is 0.102. The van der Waals surface area contributed by atoms with Crippen LogP contribution in [0.5, 0.6) is 0 Å². The van der Waals surface area contributed by atoms with Crippen LogP contribution in [0.25, 0.3) is 0 Å². The van der Waals surface area contributed by atoms with E-state index < -0.39 is 0 Å². The average molecular weight is 218 g/mol. The Hall–Kier alpha value is -1.51. The lowest BCUT2D eigenvalue weighted by atomic mass is 10.1. The largest absolute Gasteiger partial charge is 0.373 e. The molecule has 16 heavy (non-hydrogen) atoms. The van der Waals surface area contributed by atoms with E-state index >= 15 is 0 Å². The SMILES string of the molecule is CCC(C)NC(=O)C1Cc2ccccc2N1. The van der Waals surface area contributed by atoms with Crippen molar-refractivity contribution in [3.63, 3.8) is 0 Å². The summed E-state index contributed by atoms with van der Waals surface area (Å²) >= 11 is 0. The molecule has 0 saturated heterocycles. The highest BCUT2D eigenvalue weighted by Crippen LogP contribution is 2.25. The fourth-order valence-corrected chi connectivity index (χ4v) is 1.90. The summed E-state index contributed by atoms with van der Waals surface area (Å²) in [6.07, 6.45) is 1.75. The summed E-state index contributed by atoms with van der Waals surface area (Å²) < 4.78 is 0. The number of rotatable bonds is 3. The van der Waals surface area contributed by atoms with Crippen molar-refractivity contribution in [3.05, 3.63) is 29.8 Å². The van der Waals surface area contributed by atoms with Crippen molar-refractivity contribution >= 4 is 11.6 Å². The minimum atomic E-state index is -0.105. The second kappa shape index (κ2) is 4.56. The molecule has 2 rings (SSSR count). The molecule has 0 saturated carbocycles. The van der Waals surface area contributed by atoms with E-state index in [1.165, 1.54) is 5.56 Å². The lowest BCUT2D eigenvalue weighted by Gasteiger charge is -2.16. The van der Waals surface area contributed by atoms with E-state index in [9.17, 15) is 4.79 Å². The normalized spacial score (nSPS) is 19.8. The Morgan fingerprint density at radius 2 is 2.31 bits per heavy atom. The Morgan fingerprint density at radius 1 is 1.56 bits per heavy atom. The first-order chi connectivity index (χ1) is 7.70. The molecule has 1 aromatic carbocycles. The smallest absolute Gasteiger partial charge is 0.243 e. The summed E-state index contributed by atoms with van der Waals surface area (Å²) in [5.41, 5.74) is 2.32. The van der Waals surface area contributed by atoms with Crippen LogP contribution in [0.4, 0.5) is 5.69 Å². The molecule has 0 aromatic heterocycles. The summed E-state index contributed by atoms with van der Waals surface area (Å²) in [6, 6.07) is 8.23. The topological polar surface area (TPSA) is 41.1 Å². The van der Waals surface area contributed by atoms with Crippen molar-refractivity contribution < 1.29 is 4.79 Å². The zero-order valence-electron chi connectivity index (χ0n) is 9.79. The van der Waals surface area contributed by atoms with Gasteiger partial charge in [-0.2, -0.15) is 0 Å². The van der Waals surface area contributed by atoms with Gasteiger partial charge in [-0.05, 0) is 25.0 Å². The molecule has 0 radical (unpaired) electrons. The van der Waals surface area contributed by atoms with Crippen LogP contribution in [0.2, 0.25) is 0 Å². The third kappa shape index (κ3) is 2.18. The summed E-state index contributed by atoms with van der Waals surface area (Å²) in [7, 11) is 0. The molecule has 0 bridgehead atoms. The van der Waals surface area contributed by atoms with E-state index in [-0.39, 0.29) is 18.0 Å². The number of carbonyl (C=O) groups excluding carboxylic acids is 1. The van der Waals surface area contributed by atoms with Crippen LogP contribution in [0.1, 0.15) is 25.8 Å². The molecule has 2 unspecified atom stereocenters. The van der Waals surface area contributed by atoms with Crippen LogP contribution in [-0.4, -0.2) is 18.0 Å². The summed E-state index contributed by atoms with van der Waals surface area (Å²) in [4.78, 5) is 11.9. The Bertz CT molecular complexity index is 364. The molecule has 1 amide bonds. The molecule has 1 aliphatic heterocycles. The van der Waals surface area contributed by atoms with E-state index in [0.29, 0.717) is 0 Å². The van der Waals surface area contributed by atoms with Crippen LogP contribution < -0.4 is 10.6 Å². The third-order valence-corrected chi connectivity index (χ3v) is 3.09. The highest BCUT2D eigenvalue weighted by Gasteiger charge is 2.26. The maximum absolute atomic E-state index is 11.9. The van der Waals surface area contributed by atoms with E-state index in [1.807, 2.05) is 25.1 Å². The van der Waals surface area contributed by atoms with Crippen LogP contribution >= 0.6 is 0 Å². The highest BCUT2D eigenvalue weighted by atomic mass is 16.2. The lowest BCUT2D eigenvalue weighted by molar-refractivity contribution is -0.122. The van der Waals surface area contributed by atoms with Gasteiger partial charge in [0.2, 0.25) is 5.91 Å². The predicted octanol–water partition coefficient (Wildman–Crippen LogP) is 1.94. The molecule has 1 aliphatic rings. The zero-order valence-corrected chi connectivity index (χ0v) is 9.79. The van der Waals surface area contributed by atoms with Gasteiger partial charge in [-0.25, -0.2) is 0 Å². The van der Waals surface area contributed by atoms with Gasteiger partial charge >= 0.3 is 0 Å². The zero-order chi connectivity index (χ0) is 11.5. The van der Waals surface area contributed by atoms with Crippen LogP contribution in [-0.2, 0) is 11.2 Å². The van der Waals surface area contributed by atoms with Gasteiger partial charge in [-0.15, -0.1) is 0 Å². The van der Waals surface area contributed by atoms with Crippen molar-refractivity contribution in [3.8, 4) is 0 Å². The molecule has 3 nitrogen and oxygen atoms in total. The predicted molar refractivity (Wildman–Crippen MR) is 65.5 cm³/mol. The molecule has 2 atom stereocenters. The van der Waals surface area contributed by atoms with Crippen molar-refractivity contribution in [1.29, 1.82) is 0 Å². The Labute approximate surface area is 96.2 Å². The molecule has 1 aromatic rings. The van der Waals surface area contributed by atoms with Gasteiger partial charge in [0.25, 0.3) is 0 Å². The number of para-hydroxylation sites is 1. The van der Waals surface area contributed by atoms with Crippen molar-refractivity contribution in [1.82, 2.24) is 5.32 Å². The van der Waals surface area contributed by atoms with Gasteiger partial charge in [-0.3, -0.25) is 4.79 Å². The standard InChI is InChI=1S/C13H18N2O/c1-3-9(2)14-13(16)12-8-10-6-4-5-7-11(10)15-12/h4-7,9,12,15H,3,8H2,1-2H3,(H,14,16). The molecule has 1 heterocycles. The van der Waals surface area contributed by atoms with Gasteiger partial charge in [0, 0.05) is 18.2 Å². The summed E-state index contributed by atoms with van der Waals surface area (Å²) in [6.45, 7) is 4.10. The van der Waals surface area contributed by atoms with Gasteiger partial charge in [-0.1, -0.05) is 25.1 Å². The van der Waals surface area contributed by atoms with Crippen LogP contribution in [0, 0.1) is 0 Å². The maximum Gasteiger partial charge on any atom is 0.243 e. The molecule has 0 fully saturated rings. The minimum absolute atomic E-state index is 0.102. The number of fused-ring (bicyclic) bond motifs is 1. The van der Waals surface area contributed by atoms with Crippen LogP contribution in [0.15, 0.2) is 24.3 Å². The Balaban J connectivity index is 1.98. The molecule has 0 spiro atoms. The lowest BCUT2D eigenvalue weighted by Crippen LogP contribution is -2.42. The monoisotopic (exact) mass is 218 g/mol. The molecule has 0 aliphatic carbocycles. The second-order valence-corrected chi connectivity index (χ2v) is 4.38. The number of benzene rings is 1. The molecular weight excluding hydrogens is 200 g/mol. The quantitative estimate of drug-likeness (QED) is 0.814. The number of nitrogens with one attached hydrogen (secondary N) is 2. The number of amides is 1. The van der Waals surface area contributed by atoms with E-state index in [1.54, 1.807) is 0 Å². The third-order valence-electron chi connectivity index (χ3n) is 3.09. The van der Waals surface area contributed by atoms with Gasteiger partial charge in [0.05, 0.1) is 0 Å². The van der Waals surface area contributed by atoms with E-state index in [0.717, 1.165) is 18.5 Å². The fraction of sp³-hybridized carbons (Fsp3) is 0.462. The van der Waals surface area contributed by atoms with Crippen molar-refractivity contribution in [2.24, 2.45) is 0 Å². The Morgan fingerprint density at radius 3 is 3.00 bits per heavy atom. The molecule has 86 valence electrons. The summed E-state index contributed by atoms with van der Waals surface area (Å²) in [5, 5.41) is 6.26. The number of hydrogen-bond donors (Lipinski definition) is 2. The Kier molecular flexibility index (Phi) is 3.13. The number of carbonyl (C=O) groups is 1. The van der Waals surface area contributed by atoms with Gasteiger partial charge in [0.1, 0.15) is 6.04 Å². The van der Waals surface area contributed by atoms with Crippen molar-refractivity contribution in [2.75, 3.05) is 5.32 Å². The second-order valence-electron chi connectivity index (χ2n) is 4.38. The number of hydrogen-bond acceptors (Lipinski definition) is 2. The minimum Gasteiger partial charge on any atom is -0.373 e. The molecule has 3 heteroatoms. The van der Waals surface area contributed by atoms with Gasteiger partial charge in [0.15, 0.2) is 0 Å².